The molecule has 2 aromatic carbocycles. The van der Waals surface area contributed by atoms with Crippen molar-refractivity contribution in [3.8, 4) is 5.75 Å². The number of nitrogens with two attached hydrogens (primary N) is 1. The first-order valence-electron chi connectivity index (χ1n) is 7.75. The maximum absolute atomic E-state index is 12.1. The van der Waals surface area contributed by atoms with Crippen LogP contribution in [0.25, 0.3) is 10.8 Å². The molecule has 23 heavy (non-hydrogen) atoms. The van der Waals surface area contributed by atoms with Crippen LogP contribution in [0.5, 0.6) is 5.75 Å². The Kier molecular flexibility index (Phi) is 7.33. The second kappa shape index (κ2) is 8.75. The van der Waals surface area contributed by atoms with Gasteiger partial charge in [0.1, 0.15) is 5.75 Å². The topological polar surface area (TPSA) is 64.3 Å². The average molecular weight is 337 g/mol. The van der Waals surface area contributed by atoms with Crippen LogP contribution in [0.15, 0.2) is 42.5 Å². The molecule has 0 radical (unpaired) electrons. The normalized spacial score (nSPS) is 10.9. The van der Waals surface area contributed by atoms with E-state index in [1.165, 1.54) is 0 Å². The van der Waals surface area contributed by atoms with Crippen molar-refractivity contribution in [3.05, 3.63) is 42.5 Å². The fourth-order valence-electron chi connectivity index (χ4n) is 2.50. The SMILES string of the molecule is CCC(CC)(CN)NC(=O)COc1ccc2ccccc2c1.Cl. The molecule has 0 aliphatic rings. The molecule has 0 bridgehead atoms. The van der Waals surface area contributed by atoms with E-state index < -0.39 is 0 Å². The van der Waals surface area contributed by atoms with E-state index in [1.807, 2.05) is 56.3 Å². The van der Waals surface area contributed by atoms with E-state index in [-0.39, 0.29) is 30.5 Å². The summed E-state index contributed by atoms with van der Waals surface area (Å²) in [6, 6.07) is 13.9. The van der Waals surface area contributed by atoms with Crippen LogP contribution in [0.4, 0.5) is 0 Å². The first-order valence-corrected chi connectivity index (χ1v) is 7.75. The smallest absolute Gasteiger partial charge is 0.258 e. The minimum Gasteiger partial charge on any atom is -0.484 e. The third-order valence-corrected chi connectivity index (χ3v) is 4.24. The first-order chi connectivity index (χ1) is 10.6. The van der Waals surface area contributed by atoms with Crippen molar-refractivity contribution in [1.82, 2.24) is 5.32 Å². The Morgan fingerprint density at radius 1 is 1.13 bits per heavy atom. The lowest BCUT2D eigenvalue weighted by molar-refractivity contribution is -0.125. The summed E-state index contributed by atoms with van der Waals surface area (Å²) in [5, 5.41) is 5.25. The lowest BCUT2D eigenvalue weighted by atomic mass is 9.93. The van der Waals surface area contributed by atoms with Gasteiger partial charge in [-0.15, -0.1) is 12.4 Å². The van der Waals surface area contributed by atoms with Gasteiger partial charge in [-0.2, -0.15) is 0 Å². The maximum Gasteiger partial charge on any atom is 0.258 e. The third-order valence-electron chi connectivity index (χ3n) is 4.24. The monoisotopic (exact) mass is 336 g/mol. The van der Waals surface area contributed by atoms with Gasteiger partial charge in [0.15, 0.2) is 6.61 Å². The van der Waals surface area contributed by atoms with Crippen LogP contribution >= 0.6 is 12.4 Å². The van der Waals surface area contributed by atoms with Crippen LogP contribution in [0.2, 0.25) is 0 Å². The molecule has 0 aromatic heterocycles. The van der Waals surface area contributed by atoms with Gasteiger partial charge in [-0.1, -0.05) is 44.2 Å². The summed E-state index contributed by atoms with van der Waals surface area (Å²) in [6.07, 6.45) is 1.61. The van der Waals surface area contributed by atoms with E-state index in [0.717, 1.165) is 23.6 Å². The zero-order valence-corrected chi connectivity index (χ0v) is 14.5. The van der Waals surface area contributed by atoms with Gasteiger partial charge in [0.2, 0.25) is 0 Å². The summed E-state index contributed by atoms with van der Waals surface area (Å²) >= 11 is 0. The van der Waals surface area contributed by atoms with Crippen LogP contribution in [-0.4, -0.2) is 24.6 Å². The van der Waals surface area contributed by atoms with Crippen LogP contribution in [0, 0.1) is 0 Å². The van der Waals surface area contributed by atoms with E-state index in [9.17, 15) is 4.79 Å². The minimum absolute atomic E-state index is 0. The van der Waals surface area contributed by atoms with Crippen LogP contribution in [-0.2, 0) is 4.79 Å². The number of hydrogen-bond donors (Lipinski definition) is 2. The molecule has 5 heteroatoms. The Labute approximate surface area is 143 Å². The molecule has 1 amide bonds. The molecule has 2 aromatic rings. The average Bonchev–Trinajstić information content (AvgIpc) is 2.58. The van der Waals surface area contributed by atoms with Gasteiger partial charge in [-0.3, -0.25) is 4.79 Å². The zero-order valence-electron chi connectivity index (χ0n) is 13.7. The fraction of sp³-hybridized carbons (Fsp3) is 0.389. The van der Waals surface area contributed by atoms with Gasteiger partial charge in [0, 0.05) is 6.54 Å². The van der Waals surface area contributed by atoms with Crippen molar-refractivity contribution in [2.45, 2.75) is 32.2 Å². The van der Waals surface area contributed by atoms with E-state index in [4.69, 9.17) is 10.5 Å². The molecule has 0 fully saturated rings. The second-order valence-corrected chi connectivity index (χ2v) is 5.54. The number of carbonyl (C=O) groups excluding carboxylic acids is 1. The van der Waals surface area contributed by atoms with Crippen molar-refractivity contribution in [3.63, 3.8) is 0 Å². The van der Waals surface area contributed by atoms with Crippen LogP contribution in [0.3, 0.4) is 0 Å². The van der Waals surface area contributed by atoms with Gasteiger partial charge in [-0.25, -0.2) is 0 Å². The number of halogens is 1. The molecule has 0 saturated heterocycles. The Morgan fingerprint density at radius 2 is 1.78 bits per heavy atom. The number of rotatable bonds is 7. The fourth-order valence-corrected chi connectivity index (χ4v) is 2.50. The number of fused-ring (bicyclic) bond motifs is 1. The molecule has 0 saturated carbocycles. The summed E-state index contributed by atoms with van der Waals surface area (Å²) in [7, 11) is 0. The Balaban J connectivity index is 0.00000264. The van der Waals surface area contributed by atoms with Crippen LogP contribution in [0.1, 0.15) is 26.7 Å². The van der Waals surface area contributed by atoms with Gasteiger partial charge < -0.3 is 15.8 Å². The Morgan fingerprint density at radius 3 is 2.39 bits per heavy atom. The van der Waals surface area contributed by atoms with Crippen molar-refractivity contribution >= 4 is 29.1 Å². The quantitative estimate of drug-likeness (QED) is 0.815. The molecule has 0 heterocycles. The third kappa shape index (κ3) is 4.85. The van der Waals surface area contributed by atoms with Crippen molar-refractivity contribution in [2.75, 3.05) is 13.2 Å². The van der Waals surface area contributed by atoms with Gasteiger partial charge in [0.25, 0.3) is 5.91 Å². The molecule has 3 N–H and O–H groups in total. The molecule has 126 valence electrons. The number of ether oxygens (including phenoxy) is 1. The molecule has 0 unspecified atom stereocenters. The molecule has 2 rings (SSSR count). The van der Waals surface area contributed by atoms with Crippen molar-refractivity contribution < 1.29 is 9.53 Å². The highest BCUT2D eigenvalue weighted by atomic mass is 35.5. The molecule has 0 aliphatic heterocycles. The number of carbonyl (C=O) groups is 1. The largest absolute Gasteiger partial charge is 0.484 e. The van der Waals surface area contributed by atoms with Gasteiger partial charge in [0.05, 0.1) is 5.54 Å². The molecule has 0 atom stereocenters. The predicted molar refractivity (Wildman–Crippen MR) is 97.2 cm³/mol. The summed E-state index contributed by atoms with van der Waals surface area (Å²) in [5.74, 6) is 0.558. The van der Waals surface area contributed by atoms with E-state index >= 15 is 0 Å². The predicted octanol–water partition coefficient (Wildman–Crippen LogP) is 3.27. The molecular formula is C18H25ClN2O2. The van der Waals surface area contributed by atoms with Crippen molar-refractivity contribution in [2.24, 2.45) is 5.73 Å². The Bertz CT molecular complexity index is 633. The number of amides is 1. The summed E-state index contributed by atoms with van der Waals surface area (Å²) < 4.78 is 5.60. The van der Waals surface area contributed by atoms with Crippen molar-refractivity contribution in [1.29, 1.82) is 0 Å². The molecule has 0 aliphatic carbocycles. The number of hydrogen-bond acceptors (Lipinski definition) is 3. The van der Waals surface area contributed by atoms with E-state index in [0.29, 0.717) is 12.3 Å². The first kappa shape index (κ1) is 19.3. The lowest BCUT2D eigenvalue weighted by Crippen LogP contribution is -2.54. The minimum atomic E-state index is -0.330. The highest BCUT2D eigenvalue weighted by Crippen LogP contribution is 2.20. The molecule has 0 spiro atoms. The standard InChI is InChI=1S/C18H24N2O2.ClH/c1-3-18(4-2,13-19)20-17(21)12-22-16-10-9-14-7-5-6-8-15(14)11-16;/h5-11H,3-4,12-13,19H2,1-2H3,(H,20,21);1H. The van der Waals surface area contributed by atoms with Gasteiger partial charge in [-0.05, 0) is 35.7 Å². The highest BCUT2D eigenvalue weighted by molar-refractivity contribution is 5.85. The summed E-state index contributed by atoms with van der Waals surface area (Å²) in [4.78, 5) is 12.1. The number of benzene rings is 2. The highest BCUT2D eigenvalue weighted by Gasteiger charge is 2.26. The summed E-state index contributed by atoms with van der Waals surface area (Å²) in [5.41, 5.74) is 5.46. The van der Waals surface area contributed by atoms with E-state index in [1.54, 1.807) is 0 Å². The van der Waals surface area contributed by atoms with Gasteiger partial charge >= 0.3 is 0 Å². The van der Waals surface area contributed by atoms with Crippen LogP contribution < -0.4 is 15.8 Å². The Hall–Kier alpha value is -1.78. The molecule has 4 nitrogen and oxygen atoms in total. The van der Waals surface area contributed by atoms with E-state index in [2.05, 4.69) is 5.32 Å². The second-order valence-electron chi connectivity index (χ2n) is 5.54. The zero-order chi connectivity index (χ0) is 16.0. The maximum atomic E-state index is 12.1. The lowest BCUT2D eigenvalue weighted by Gasteiger charge is -2.31. The summed E-state index contributed by atoms with van der Waals surface area (Å²) in [6.45, 7) is 4.49. The molecular weight excluding hydrogens is 312 g/mol. The number of nitrogens with one attached hydrogen (secondary N) is 1.